The van der Waals surface area contributed by atoms with Crippen molar-refractivity contribution in [1.29, 1.82) is 0 Å². The molecule has 0 unspecified atom stereocenters. The molecule has 6 nitrogen and oxygen atoms in total. The summed E-state index contributed by atoms with van der Waals surface area (Å²) in [5.41, 5.74) is 1.34. The van der Waals surface area contributed by atoms with Crippen LogP contribution < -0.4 is 16.0 Å². The number of halogens is 1. The third-order valence-electron chi connectivity index (χ3n) is 3.75. The first-order valence-corrected chi connectivity index (χ1v) is 8.65. The Hall–Kier alpha value is -3.22. The van der Waals surface area contributed by atoms with E-state index in [1.54, 1.807) is 0 Å². The normalized spacial score (nSPS) is 10.1. The average Bonchev–Trinajstić information content (AvgIpc) is 2.69. The number of rotatable bonds is 9. The lowest BCUT2D eigenvalue weighted by molar-refractivity contribution is -0.126. The zero-order valence-electron chi connectivity index (χ0n) is 14.8. The Morgan fingerprint density at radius 2 is 1.52 bits per heavy atom. The second-order valence-electron chi connectivity index (χ2n) is 5.91. The molecule has 0 bridgehead atoms. The molecule has 0 spiro atoms. The number of hydrogen-bond acceptors (Lipinski definition) is 3. The molecule has 0 fully saturated rings. The van der Waals surface area contributed by atoms with Gasteiger partial charge in [-0.05, 0) is 36.2 Å². The van der Waals surface area contributed by atoms with E-state index in [0.717, 1.165) is 5.56 Å². The zero-order chi connectivity index (χ0) is 19.5. The fourth-order valence-corrected chi connectivity index (χ4v) is 2.28. The number of benzene rings is 2. The Kier molecular flexibility index (Phi) is 7.96. The van der Waals surface area contributed by atoms with Crippen molar-refractivity contribution in [2.45, 2.75) is 19.4 Å². The predicted octanol–water partition coefficient (Wildman–Crippen LogP) is 1.77. The van der Waals surface area contributed by atoms with E-state index in [9.17, 15) is 18.8 Å². The van der Waals surface area contributed by atoms with Gasteiger partial charge in [0.1, 0.15) is 5.82 Å². The highest BCUT2D eigenvalue weighted by atomic mass is 19.1. The van der Waals surface area contributed by atoms with Gasteiger partial charge in [0, 0.05) is 25.1 Å². The summed E-state index contributed by atoms with van der Waals surface area (Å²) in [4.78, 5) is 35.3. The number of nitrogens with one attached hydrogen (secondary N) is 3. The van der Waals surface area contributed by atoms with Crippen molar-refractivity contribution in [3.63, 3.8) is 0 Å². The maximum Gasteiger partial charge on any atom is 0.251 e. The third kappa shape index (κ3) is 7.68. The van der Waals surface area contributed by atoms with Gasteiger partial charge in [-0.2, -0.15) is 0 Å². The van der Waals surface area contributed by atoms with Crippen LogP contribution in [0.2, 0.25) is 0 Å². The number of carbonyl (C=O) groups excluding carboxylic acids is 3. The topological polar surface area (TPSA) is 87.3 Å². The van der Waals surface area contributed by atoms with Crippen LogP contribution in [0.25, 0.3) is 0 Å². The molecule has 7 heteroatoms. The highest BCUT2D eigenvalue weighted by molar-refractivity contribution is 5.94. The van der Waals surface area contributed by atoms with Gasteiger partial charge < -0.3 is 16.0 Å². The van der Waals surface area contributed by atoms with Crippen molar-refractivity contribution in [2.24, 2.45) is 0 Å². The van der Waals surface area contributed by atoms with Gasteiger partial charge in [0.05, 0.1) is 6.54 Å². The molecule has 2 aromatic carbocycles. The fourth-order valence-electron chi connectivity index (χ4n) is 2.28. The van der Waals surface area contributed by atoms with E-state index < -0.39 is 5.82 Å². The molecular weight excluding hydrogens is 349 g/mol. The maximum atomic E-state index is 12.8. The predicted molar refractivity (Wildman–Crippen MR) is 99.3 cm³/mol. The van der Waals surface area contributed by atoms with E-state index in [1.165, 1.54) is 24.3 Å². The first-order chi connectivity index (χ1) is 13.0. The van der Waals surface area contributed by atoms with Crippen LogP contribution in [0.15, 0.2) is 54.6 Å². The van der Waals surface area contributed by atoms with E-state index in [1.807, 2.05) is 30.3 Å². The lowest BCUT2D eigenvalue weighted by Gasteiger charge is -2.08. The number of hydrogen-bond donors (Lipinski definition) is 3. The van der Waals surface area contributed by atoms with Crippen LogP contribution in [-0.2, 0) is 16.1 Å². The molecule has 0 atom stereocenters. The number of amides is 3. The Balaban J connectivity index is 1.56. The summed E-state index contributed by atoms with van der Waals surface area (Å²) < 4.78 is 12.8. The molecule has 0 radical (unpaired) electrons. The minimum atomic E-state index is -0.406. The Morgan fingerprint density at radius 1 is 0.815 bits per heavy atom. The molecular formula is C20H22FN3O3. The van der Waals surface area contributed by atoms with Gasteiger partial charge in [-0.15, -0.1) is 0 Å². The van der Waals surface area contributed by atoms with Crippen LogP contribution in [0.4, 0.5) is 4.39 Å². The summed E-state index contributed by atoms with van der Waals surface area (Å²) in [7, 11) is 0. The second kappa shape index (κ2) is 10.7. The summed E-state index contributed by atoms with van der Waals surface area (Å²) in [6.07, 6.45) is 0.625. The zero-order valence-corrected chi connectivity index (χ0v) is 14.8. The van der Waals surface area contributed by atoms with E-state index in [2.05, 4.69) is 16.0 Å². The van der Waals surface area contributed by atoms with Crippen LogP contribution in [0, 0.1) is 5.82 Å². The largest absolute Gasteiger partial charge is 0.352 e. The Labute approximate surface area is 157 Å². The van der Waals surface area contributed by atoms with Gasteiger partial charge in [0.25, 0.3) is 5.91 Å². The van der Waals surface area contributed by atoms with Crippen molar-refractivity contribution in [2.75, 3.05) is 13.1 Å². The van der Waals surface area contributed by atoms with Gasteiger partial charge in [0.15, 0.2) is 0 Å². The third-order valence-corrected chi connectivity index (χ3v) is 3.75. The summed E-state index contributed by atoms with van der Waals surface area (Å²) in [5.74, 6) is -1.26. The molecule has 2 aromatic rings. The quantitative estimate of drug-likeness (QED) is 0.587. The summed E-state index contributed by atoms with van der Waals surface area (Å²) in [5, 5.41) is 7.92. The molecule has 142 valence electrons. The molecule has 0 saturated carbocycles. The molecule has 3 N–H and O–H groups in total. The minimum Gasteiger partial charge on any atom is -0.352 e. The van der Waals surface area contributed by atoms with Crippen LogP contribution >= 0.6 is 0 Å². The van der Waals surface area contributed by atoms with Gasteiger partial charge in [-0.3, -0.25) is 14.4 Å². The molecule has 0 aliphatic carbocycles. The second-order valence-corrected chi connectivity index (χ2v) is 5.91. The standard InChI is InChI=1S/C20H22FN3O3/c21-17-10-8-16(9-11-17)20(27)22-12-4-7-18(25)24-14-19(26)23-13-15-5-2-1-3-6-15/h1-3,5-6,8-11H,4,7,12-14H2,(H,22,27)(H,23,26)(H,24,25). The van der Waals surface area contributed by atoms with E-state index in [0.29, 0.717) is 25.1 Å². The van der Waals surface area contributed by atoms with Crippen molar-refractivity contribution < 1.29 is 18.8 Å². The molecule has 0 aliphatic heterocycles. The van der Waals surface area contributed by atoms with Crippen molar-refractivity contribution in [3.8, 4) is 0 Å². The Morgan fingerprint density at radius 3 is 2.22 bits per heavy atom. The SMILES string of the molecule is O=C(CCCNC(=O)c1ccc(F)cc1)NCC(=O)NCc1ccccc1. The molecule has 0 aliphatic rings. The molecule has 0 heterocycles. The van der Waals surface area contributed by atoms with Crippen LogP contribution in [0.3, 0.4) is 0 Å². The first-order valence-electron chi connectivity index (χ1n) is 8.65. The van der Waals surface area contributed by atoms with Crippen LogP contribution in [-0.4, -0.2) is 30.8 Å². The van der Waals surface area contributed by atoms with Crippen LogP contribution in [0.1, 0.15) is 28.8 Å². The molecule has 27 heavy (non-hydrogen) atoms. The highest BCUT2D eigenvalue weighted by Gasteiger charge is 2.07. The van der Waals surface area contributed by atoms with Gasteiger partial charge in [-0.1, -0.05) is 30.3 Å². The lowest BCUT2D eigenvalue weighted by Crippen LogP contribution is -2.36. The Bertz CT molecular complexity index is 764. The monoisotopic (exact) mass is 371 g/mol. The minimum absolute atomic E-state index is 0.0897. The first kappa shape index (κ1) is 20.1. The van der Waals surface area contributed by atoms with E-state index >= 15 is 0 Å². The average molecular weight is 371 g/mol. The molecule has 2 rings (SSSR count). The fraction of sp³-hybridized carbons (Fsp3) is 0.250. The van der Waals surface area contributed by atoms with Crippen molar-refractivity contribution in [3.05, 3.63) is 71.5 Å². The van der Waals surface area contributed by atoms with Gasteiger partial charge in [-0.25, -0.2) is 4.39 Å². The van der Waals surface area contributed by atoms with E-state index in [-0.39, 0.29) is 30.7 Å². The summed E-state index contributed by atoms with van der Waals surface area (Å²) in [6, 6.07) is 14.7. The number of carbonyl (C=O) groups is 3. The molecule has 0 aromatic heterocycles. The van der Waals surface area contributed by atoms with E-state index in [4.69, 9.17) is 0 Å². The highest BCUT2D eigenvalue weighted by Crippen LogP contribution is 2.02. The molecule has 3 amide bonds. The van der Waals surface area contributed by atoms with Gasteiger partial charge in [0.2, 0.25) is 11.8 Å². The van der Waals surface area contributed by atoms with Gasteiger partial charge >= 0.3 is 0 Å². The lowest BCUT2D eigenvalue weighted by atomic mass is 10.2. The van der Waals surface area contributed by atoms with Crippen molar-refractivity contribution >= 4 is 17.7 Å². The summed E-state index contributed by atoms with van der Waals surface area (Å²) in [6.45, 7) is 0.627. The molecule has 0 saturated heterocycles. The van der Waals surface area contributed by atoms with Crippen LogP contribution in [0.5, 0.6) is 0 Å². The summed E-state index contributed by atoms with van der Waals surface area (Å²) >= 11 is 0. The van der Waals surface area contributed by atoms with Crippen molar-refractivity contribution in [1.82, 2.24) is 16.0 Å². The smallest absolute Gasteiger partial charge is 0.251 e. The maximum absolute atomic E-state index is 12.8.